The van der Waals surface area contributed by atoms with Crippen molar-refractivity contribution in [2.45, 2.75) is 39.7 Å². The summed E-state index contributed by atoms with van der Waals surface area (Å²) in [6.45, 7) is 9.84. The minimum Gasteiger partial charge on any atom is -0.507 e. The Kier molecular flexibility index (Phi) is 9.97. The molecule has 1 amide bonds. The van der Waals surface area contributed by atoms with Crippen LogP contribution in [-0.4, -0.2) is 59.4 Å². The number of Topliss-reactive ketones (excluding diaryl/α,β-unsaturated/α-hetero) is 1. The summed E-state index contributed by atoms with van der Waals surface area (Å²) in [6, 6.07) is 23.0. The van der Waals surface area contributed by atoms with E-state index in [-0.39, 0.29) is 11.3 Å². The molecule has 0 bridgehead atoms. The van der Waals surface area contributed by atoms with Gasteiger partial charge in [-0.05, 0) is 86.6 Å². The number of amides is 1. The van der Waals surface area contributed by atoms with Crippen LogP contribution in [0.25, 0.3) is 5.76 Å². The fourth-order valence-electron chi connectivity index (χ4n) is 4.92. The molecule has 7 heteroatoms. The van der Waals surface area contributed by atoms with E-state index in [1.54, 1.807) is 29.2 Å². The number of benzene rings is 3. The number of likely N-dealkylation sites (tertiary alicyclic amines) is 1. The molecule has 0 saturated carbocycles. The molecule has 40 heavy (non-hydrogen) atoms. The van der Waals surface area contributed by atoms with Gasteiger partial charge in [0.15, 0.2) is 0 Å². The van der Waals surface area contributed by atoms with E-state index < -0.39 is 17.7 Å². The number of hydrogen-bond donors (Lipinski definition) is 1. The van der Waals surface area contributed by atoms with Crippen LogP contribution in [0.1, 0.15) is 50.8 Å². The van der Waals surface area contributed by atoms with Crippen LogP contribution >= 0.6 is 0 Å². The number of para-hydroxylation sites is 1. The van der Waals surface area contributed by atoms with Gasteiger partial charge in [0, 0.05) is 12.1 Å². The maximum Gasteiger partial charge on any atom is 0.295 e. The number of aliphatic hydroxyl groups is 1. The Morgan fingerprint density at radius 2 is 1.57 bits per heavy atom. The number of nitrogens with zero attached hydrogens (tertiary/aromatic N) is 2. The van der Waals surface area contributed by atoms with Crippen LogP contribution in [0.4, 0.5) is 0 Å². The molecule has 7 nitrogen and oxygen atoms in total. The van der Waals surface area contributed by atoms with E-state index in [0.29, 0.717) is 47.9 Å². The molecule has 1 aliphatic heterocycles. The van der Waals surface area contributed by atoms with E-state index in [2.05, 4.69) is 18.7 Å². The van der Waals surface area contributed by atoms with Gasteiger partial charge >= 0.3 is 0 Å². The molecular formula is C33H38N2O5. The first kappa shape index (κ1) is 28.9. The monoisotopic (exact) mass is 542 g/mol. The number of carbonyl (C=O) groups is 2. The summed E-state index contributed by atoms with van der Waals surface area (Å²) < 4.78 is 11.7. The molecule has 1 N–H and O–H groups in total. The van der Waals surface area contributed by atoms with Crippen LogP contribution in [0, 0.1) is 0 Å². The first-order valence-electron chi connectivity index (χ1n) is 14.0. The Labute approximate surface area is 236 Å². The lowest BCUT2D eigenvalue weighted by Crippen LogP contribution is -2.33. The lowest BCUT2D eigenvalue weighted by Gasteiger charge is -2.27. The van der Waals surface area contributed by atoms with Crippen LogP contribution in [-0.2, 0) is 9.59 Å². The highest BCUT2D eigenvalue weighted by Gasteiger charge is 2.46. The van der Waals surface area contributed by atoms with Crippen LogP contribution in [0.3, 0.4) is 0 Å². The molecule has 0 unspecified atom stereocenters. The molecule has 1 fully saturated rings. The molecule has 210 valence electrons. The van der Waals surface area contributed by atoms with E-state index in [4.69, 9.17) is 9.47 Å². The van der Waals surface area contributed by atoms with Gasteiger partial charge in [0.2, 0.25) is 0 Å². The van der Waals surface area contributed by atoms with Gasteiger partial charge in [0.05, 0.1) is 18.2 Å². The van der Waals surface area contributed by atoms with Crippen molar-refractivity contribution in [2.24, 2.45) is 0 Å². The maximum atomic E-state index is 13.4. The van der Waals surface area contributed by atoms with Crippen molar-refractivity contribution in [2.75, 3.05) is 32.8 Å². The maximum absolute atomic E-state index is 13.4. The minimum atomic E-state index is -0.743. The second-order valence-corrected chi connectivity index (χ2v) is 9.73. The minimum absolute atomic E-state index is 0.0759. The normalized spacial score (nSPS) is 16.5. The van der Waals surface area contributed by atoms with Gasteiger partial charge in [-0.15, -0.1) is 0 Å². The smallest absolute Gasteiger partial charge is 0.295 e. The number of ketones is 1. The Bertz CT molecular complexity index is 1320. The lowest BCUT2D eigenvalue weighted by molar-refractivity contribution is -0.140. The molecule has 0 radical (unpaired) electrons. The highest BCUT2D eigenvalue weighted by molar-refractivity contribution is 6.46. The molecule has 1 heterocycles. The van der Waals surface area contributed by atoms with Gasteiger partial charge in [-0.2, -0.15) is 0 Å². The van der Waals surface area contributed by atoms with Crippen LogP contribution in [0.5, 0.6) is 17.2 Å². The number of aliphatic hydroxyl groups excluding tert-OH is 1. The number of carbonyl (C=O) groups excluding carboxylic acids is 2. The van der Waals surface area contributed by atoms with E-state index in [1.165, 1.54) is 0 Å². The van der Waals surface area contributed by atoms with Crippen LogP contribution in [0.15, 0.2) is 84.4 Å². The predicted molar refractivity (Wildman–Crippen MR) is 157 cm³/mol. The zero-order chi connectivity index (χ0) is 28.5. The van der Waals surface area contributed by atoms with Crippen LogP contribution in [0.2, 0.25) is 0 Å². The average molecular weight is 543 g/mol. The molecule has 1 aliphatic rings. The van der Waals surface area contributed by atoms with Crippen molar-refractivity contribution in [3.8, 4) is 17.2 Å². The summed E-state index contributed by atoms with van der Waals surface area (Å²) in [4.78, 5) is 30.7. The summed E-state index contributed by atoms with van der Waals surface area (Å²) in [7, 11) is 0. The molecule has 0 aromatic heterocycles. The van der Waals surface area contributed by atoms with Crippen molar-refractivity contribution in [3.63, 3.8) is 0 Å². The van der Waals surface area contributed by atoms with Crippen molar-refractivity contribution in [1.82, 2.24) is 9.80 Å². The quantitative estimate of drug-likeness (QED) is 0.153. The van der Waals surface area contributed by atoms with Gasteiger partial charge in [-0.25, -0.2) is 0 Å². The van der Waals surface area contributed by atoms with E-state index >= 15 is 0 Å². The predicted octanol–water partition coefficient (Wildman–Crippen LogP) is 6.42. The van der Waals surface area contributed by atoms with Gasteiger partial charge in [-0.1, -0.05) is 51.1 Å². The fraction of sp³-hybridized carbons (Fsp3) is 0.333. The Morgan fingerprint density at radius 1 is 0.875 bits per heavy atom. The van der Waals surface area contributed by atoms with E-state index in [9.17, 15) is 14.7 Å². The third-order valence-electron chi connectivity index (χ3n) is 7.06. The summed E-state index contributed by atoms with van der Waals surface area (Å²) in [5.74, 6) is 0.436. The first-order chi connectivity index (χ1) is 19.5. The third kappa shape index (κ3) is 6.72. The van der Waals surface area contributed by atoms with Gasteiger partial charge in [0.25, 0.3) is 11.7 Å². The molecule has 3 aromatic rings. The molecule has 1 atom stereocenters. The second kappa shape index (κ2) is 13.8. The second-order valence-electron chi connectivity index (χ2n) is 9.73. The number of hydrogen-bond acceptors (Lipinski definition) is 6. The highest BCUT2D eigenvalue weighted by Crippen LogP contribution is 2.41. The molecular weight excluding hydrogens is 504 g/mol. The fourth-order valence-corrected chi connectivity index (χ4v) is 4.92. The molecule has 0 aliphatic carbocycles. The molecule has 0 spiro atoms. The Morgan fingerprint density at radius 3 is 2.25 bits per heavy atom. The highest BCUT2D eigenvalue weighted by atomic mass is 16.5. The Balaban J connectivity index is 1.71. The summed E-state index contributed by atoms with van der Waals surface area (Å²) in [6.07, 6.45) is 1.58. The van der Waals surface area contributed by atoms with E-state index in [1.807, 2.05) is 61.5 Å². The van der Waals surface area contributed by atoms with Crippen molar-refractivity contribution < 1.29 is 24.2 Å². The van der Waals surface area contributed by atoms with Gasteiger partial charge in [0.1, 0.15) is 23.0 Å². The standard InChI is InChI=1S/C33H38N2O5/c1-4-22-39-26-18-16-24(17-19-26)31(36)29-30(35(33(38)32(29)37)21-11-20-34(5-2)6-3)25-12-10-15-28(23-25)40-27-13-8-7-9-14-27/h7-10,12-19,23,30,36H,4-6,11,20-22H2,1-3H3/t30-/m1/s1. The summed E-state index contributed by atoms with van der Waals surface area (Å²) >= 11 is 0. The largest absolute Gasteiger partial charge is 0.507 e. The summed E-state index contributed by atoms with van der Waals surface area (Å²) in [5.41, 5.74) is 1.22. The zero-order valence-electron chi connectivity index (χ0n) is 23.5. The van der Waals surface area contributed by atoms with Crippen LogP contribution < -0.4 is 9.47 Å². The molecule has 4 rings (SSSR count). The number of ether oxygens (including phenoxy) is 2. The number of rotatable bonds is 13. The average Bonchev–Trinajstić information content (AvgIpc) is 3.24. The van der Waals surface area contributed by atoms with Crippen molar-refractivity contribution in [3.05, 3.63) is 95.6 Å². The zero-order valence-corrected chi connectivity index (χ0v) is 23.5. The van der Waals surface area contributed by atoms with Crippen molar-refractivity contribution >= 4 is 17.4 Å². The molecule has 1 saturated heterocycles. The summed E-state index contributed by atoms with van der Waals surface area (Å²) in [5, 5.41) is 11.4. The lowest BCUT2D eigenvalue weighted by atomic mass is 9.95. The van der Waals surface area contributed by atoms with Crippen molar-refractivity contribution in [1.29, 1.82) is 0 Å². The van der Waals surface area contributed by atoms with Gasteiger partial charge < -0.3 is 24.4 Å². The first-order valence-corrected chi connectivity index (χ1v) is 14.0. The van der Waals surface area contributed by atoms with E-state index in [0.717, 1.165) is 26.1 Å². The third-order valence-corrected chi connectivity index (χ3v) is 7.06. The SMILES string of the molecule is CCCOc1ccc(C(O)=C2C(=O)C(=O)N(CCCN(CC)CC)[C@@H]2c2cccc(Oc3ccccc3)c2)cc1. The van der Waals surface area contributed by atoms with Gasteiger partial charge in [-0.3, -0.25) is 9.59 Å². The molecule has 3 aromatic carbocycles. The Hall–Kier alpha value is -4.10. The topological polar surface area (TPSA) is 79.3 Å².